The molecule has 1 aliphatic heterocycles. The number of para-hydroxylation sites is 1. The quantitative estimate of drug-likeness (QED) is 0.809. The monoisotopic (exact) mass is 355 g/mol. The van der Waals surface area contributed by atoms with E-state index in [1.807, 2.05) is 37.3 Å². The summed E-state index contributed by atoms with van der Waals surface area (Å²) in [4.78, 5) is 26.4. The zero-order valence-corrected chi connectivity index (χ0v) is 15.0. The van der Waals surface area contributed by atoms with Crippen LogP contribution in [0.1, 0.15) is 24.2 Å². The number of amides is 2. The highest BCUT2D eigenvalue weighted by molar-refractivity contribution is 6.39. The number of anilines is 1. The van der Waals surface area contributed by atoms with Crippen LogP contribution in [0.25, 0.3) is 0 Å². The molecule has 1 saturated heterocycles. The molecule has 0 saturated carbocycles. The molecule has 1 aromatic heterocycles. The summed E-state index contributed by atoms with van der Waals surface area (Å²) in [5.41, 5.74) is 1.59. The number of nitrogens with one attached hydrogen (secondary N) is 2. The molecule has 2 N–H and O–H groups in total. The zero-order valence-electron chi connectivity index (χ0n) is 15.0. The minimum atomic E-state index is -0.616. The van der Waals surface area contributed by atoms with E-state index in [1.54, 1.807) is 12.3 Å². The highest BCUT2D eigenvalue weighted by Crippen LogP contribution is 2.18. The van der Waals surface area contributed by atoms with Crippen LogP contribution in [0.4, 0.5) is 5.69 Å². The normalized spacial score (nSPS) is 15.6. The van der Waals surface area contributed by atoms with Crippen LogP contribution in [0, 0.1) is 12.8 Å². The second-order valence-corrected chi connectivity index (χ2v) is 6.78. The van der Waals surface area contributed by atoms with Crippen molar-refractivity contribution in [1.82, 2.24) is 10.2 Å². The zero-order chi connectivity index (χ0) is 18.4. The molecular weight excluding hydrogens is 330 g/mol. The van der Waals surface area contributed by atoms with E-state index in [0.717, 1.165) is 43.8 Å². The van der Waals surface area contributed by atoms with Gasteiger partial charge in [-0.2, -0.15) is 0 Å². The highest BCUT2D eigenvalue weighted by atomic mass is 16.3. The Bertz CT molecular complexity index is 735. The molecule has 2 amide bonds. The molecule has 0 aliphatic carbocycles. The number of carbonyl (C=O) groups is 2. The summed E-state index contributed by atoms with van der Waals surface area (Å²) in [7, 11) is 0. The topological polar surface area (TPSA) is 74.6 Å². The number of carbonyl (C=O) groups excluding carboxylic acids is 2. The van der Waals surface area contributed by atoms with Gasteiger partial charge in [0, 0.05) is 12.2 Å². The van der Waals surface area contributed by atoms with Gasteiger partial charge in [0.1, 0.15) is 5.76 Å². The summed E-state index contributed by atoms with van der Waals surface area (Å²) in [6, 6.07) is 11.3. The standard InChI is InChI=1S/C20H25N3O3/c1-15-5-2-3-7-18(15)22-20(25)19(24)21-13-16-8-10-23(11-9-16)14-17-6-4-12-26-17/h2-7,12,16H,8-11,13-14H2,1H3,(H,21,24)(H,22,25). The molecule has 3 rings (SSSR count). The largest absolute Gasteiger partial charge is 0.468 e. The van der Waals surface area contributed by atoms with E-state index in [9.17, 15) is 9.59 Å². The number of hydrogen-bond donors (Lipinski definition) is 2. The lowest BCUT2D eigenvalue weighted by atomic mass is 9.96. The van der Waals surface area contributed by atoms with E-state index in [2.05, 4.69) is 15.5 Å². The van der Waals surface area contributed by atoms with Crippen molar-refractivity contribution >= 4 is 17.5 Å². The molecule has 6 heteroatoms. The lowest BCUT2D eigenvalue weighted by Gasteiger charge is -2.31. The van der Waals surface area contributed by atoms with Crippen LogP contribution in [-0.4, -0.2) is 36.3 Å². The van der Waals surface area contributed by atoms with Crippen LogP contribution in [0.15, 0.2) is 47.1 Å². The third kappa shape index (κ3) is 4.95. The van der Waals surface area contributed by atoms with E-state index in [-0.39, 0.29) is 0 Å². The molecule has 2 heterocycles. The average molecular weight is 355 g/mol. The predicted octanol–water partition coefficient (Wildman–Crippen LogP) is 2.55. The molecule has 138 valence electrons. The third-order valence-corrected chi connectivity index (χ3v) is 4.82. The summed E-state index contributed by atoms with van der Waals surface area (Å²) in [6.45, 7) is 5.19. The van der Waals surface area contributed by atoms with Crippen LogP contribution < -0.4 is 10.6 Å². The van der Waals surface area contributed by atoms with Crippen LogP contribution >= 0.6 is 0 Å². The van der Waals surface area contributed by atoms with Gasteiger partial charge in [0.05, 0.1) is 12.8 Å². The van der Waals surface area contributed by atoms with E-state index >= 15 is 0 Å². The lowest BCUT2D eigenvalue weighted by molar-refractivity contribution is -0.136. The Balaban J connectivity index is 1.38. The maximum atomic E-state index is 12.0. The Morgan fingerprint density at radius 2 is 1.88 bits per heavy atom. The summed E-state index contributed by atoms with van der Waals surface area (Å²) >= 11 is 0. The van der Waals surface area contributed by atoms with Gasteiger partial charge in [-0.15, -0.1) is 0 Å². The van der Waals surface area contributed by atoms with Crippen molar-refractivity contribution < 1.29 is 14.0 Å². The number of hydrogen-bond acceptors (Lipinski definition) is 4. The van der Waals surface area contributed by atoms with Crippen LogP contribution in [0.5, 0.6) is 0 Å². The number of rotatable bonds is 5. The van der Waals surface area contributed by atoms with Crippen molar-refractivity contribution in [2.45, 2.75) is 26.3 Å². The minimum Gasteiger partial charge on any atom is -0.468 e. The molecule has 0 atom stereocenters. The fourth-order valence-corrected chi connectivity index (χ4v) is 3.18. The molecule has 26 heavy (non-hydrogen) atoms. The van der Waals surface area contributed by atoms with E-state index in [1.165, 1.54) is 0 Å². The van der Waals surface area contributed by atoms with Crippen molar-refractivity contribution in [1.29, 1.82) is 0 Å². The molecule has 6 nitrogen and oxygen atoms in total. The summed E-state index contributed by atoms with van der Waals surface area (Å²) in [5, 5.41) is 5.42. The highest BCUT2D eigenvalue weighted by Gasteiger charge is 2.22. The first-order chi connectivity index (χ1) is 12.6. The number of likely N-dealkylation sites (tertiary alicyclic amines) is 1. The Labute approximate surface area is 153 Å². The van der Waals surface area contributed by atoms with E-state index in [4.69, 9.17) is 4.42 Å². The van der Waals surface area contributed by atoms with Gasteiger partial charge in [0.15, 0.2) is 0 Å². The van der Waals surface area contributed by atoms with Gasteiger partial charge in [-0.3, -0.25) is 14.5 Å². The minimum absolute atomic E-state index is 0.401. The molecular formula is C20H25N3O3. The number of benzene rings is 1. The first kappa shape index (κ1) is 18.2. The molecule has 0 radical (unpaired) electrons. The summed E-state index contributed by atoms with van der Waals surface area (Å²) < 4.78 is 5.38. The van der Waals surface area contributed by atoms with Gasteiger partial charge in [-0.1, -0.05) is 18.2 Å². The number of furan rings is 1. The summed E-state index contributed by atoms with van der Waals surface area (Å²) in [6.07, 6.45) is 3.69. The second-order valence-electron chi connectivity index (χ2n) is 6.78. The second kappa shape index (κ2) is 8.67. The Hall–Kier alpha value is -2.60. The summed E-state index contributed by atoms with van der Waals surface area (Å²) in [5.74, 6) is 0.184. The Morgan fingerprint density at radius 3 is 2.58 bits per heavy atom. The number of piperidine rings is 1. The lowest BCUT2D eigenvalue weighted by Crippen LogP contribution is -2.41. The molecule has 0 unspecified atom stereocenters. The van der Waals surface area contributed by atoms with Crippen LogP contribution in [0.2, 0.25) is 0 Å². The molecule has 1 aliphatic rings. The third-order valence-electron chi connectivity index (χ3n) is 4.82. The first-order valence-corrected chi connectivity index (χ1v) is 9.01. The average Bonchev–Trinajstić information content (AvgIpc) is 3.16. The van der Waals surface area contributed by atoms with Gasteiger partial charge in [-0.05, 0) is 62.5 Å². The maximum Gasteiger partial charge on any atom is 0.313 e. The van der Waals surface area contributed by atoms with E-state index in [0.29, 0.717) is 18.2 Å². The van der Waals surface area contributed by atoms with Gasteiger partial charge < -0.3 is 15.1 Å². The van der Waals surface area contributed by atoms with Crippen molar-refractivity contribution in [2.75, 3.05) is 25.0 Å². The van der Waals surface area contributed by atoms with E-state index < -0.39 is 11.8 Å². The van der Waals surface area contributed by atoms with Crippen molar-refractivity contribution in [3.63, 3.8) is 0 Å². The Kier molecular flexibility index (Phi) is 6.07. The Morgan fingerprint density at radius 1 is 1.12 bits per heavy atom. The first-order valence-electron chi connectivity index (χ1n) is 9.01. The van der Waals surface area contributed by atoms with Crippen molar-refractivity contribution in [3.05, 3.63) is 54.0 Å². The van der Waals surface area contributed by atoms with Gasteiger partial charge in [-0.25, -0.2) is 0 Å². The van der Waals surface area contributed by atoms with Crippen molar-refractivity contribution in [2.24, 2.45) is 5.92 Å². The van der Waals surface area contributed by atoms with Crippen LogP contribution in [0.3, 0.4) is 0 Å². The molecule has 0 bridgehead atoms. The fourth-order valence-electron chi connectivity index (χ4n) is 3.18. The smallest absolute Gasteiger partial charge is 0.313 e. The number of nitrogens with zero attached hydrogens (tertiary/aromatic N) is 1. The van der Waals surface area contributed by atoms with Gasteiger partial charge >= 0.3 is 11.8 Å². The van der Waals surface area contributed by atoms with Crippen LogP contribution in [-0.2, 0) is 16.1 Å². The number of aryl methyl sites for hydroxylation is 1. The molecule has 0 spiro atoms. The SMILES string of the molecule is Cc1ccccc1NC(=O)C(=O)NCC1CCN(Cc2ccco2)CC1. The predicted molar refractivity (Wildman–Crippen MR) is 99.5 cm³/mol. The van der Waals surface area contributed by atoms with Crippen molar-refractivity contribution in [3.8, 4) is 0 Å². The maximum absolute atomic E-state index is 12.0. The van der Waals surface area contributed by atoms with Gasteiger partial charge in [0.2, 0.25) is 0 Å². The fraction of sp³-hybridized carbons (Fsp3) is 0.400. The van der Waals surface area contributed by atoms with Gasteiger partial charge in [0.25, 0.3) is 0 Å². The molecule has 1 fully saturated rings. The molecule has 1 aromatic carbocycles. The molecule has 2 aromatic rings.